The summed E-state index contributed by atoms with van der Waals surface area (Å²) in [6.45, 7) is 2.39. The molecule has 0 saturated heterocycles. The van der Waals surface area contributed by atoms with E-state index in [2.05, 4.69) is 21.0 Å². The lowest BCUT2D eigenvalue weighted by Gasteiger charge is -2.06. The molecule has 0 N–H and O–H groups in total. The number of carbonyl (C=O) groups is 1. The third-order valence-electron chi connectivity index (χ3n) is 2.49. The van der Waals surface area contributed by atoms with Crippen molar-refractivity contribution >= 4 is 33.3 Å². The van der Waals surface area contributed by atoms with E-state index < -0.39 is 11.6 Å². The molecule has 94 valence electrons. The molecule has 18 heavy (non-hydrogen) atoms. The van der Waals surface area contributed by atoms with Gasteiger partial charge in [0.05, 0.1) is 16.2 Å². The second-order valence-corrected chi connectivity index (χ2v) is 4.90. The Morgan fingerprint density at radius 2 is 2.28 bits per heavy atom. The van der Waals surface area contributed by atoms with Crippen molar-refractivity contribution < 1.29 is 9.18 Å². The molecule has 3 nitrogen and oxygen atoms in total. The fraction of sp³-hybridized carbons (Fsp3) is 0.167. The highest BCUT2D eigenvalue weighted by Gasteiger charge is 2.21. The summed E-state index contributed by atoms with van der Waals surface area (Å²) in [5, 5.41) is 4.29. The number of ketones is 1. The largest absolute Gasteiger partial charge is 0.287 e. The predicted molar refractivity (Wildman–Crippen MR) is 70.4 cm³/mol. The molecular weight excluding hydrogens is 322 g/mol. The Morgan fingerprint density at radius 3 is 2.89 bits per heavy atom. The van der Waals surface area contributed by atoms with Crippen LogP contribution in [-0.2, 0) is 6.54 Å². The Hall–Kier alpha value is -1.20. The fourth-order valence-corrected chi connectivity index (χ4v) is 2.26. The summed E-state index contributed by atoms with van der Waals surface area (Å²) in [7, 11) is 0. The molecule has 0 aliphatic heterocycles. The molecule has 2 rings (SSSR count). The van der Waals surface area contributed by atoms with Crippen LogP contribution in [0, 0.1) is 5.82 Å². The molecule has 1 aromatic carbocycles. The number of hydrogen-bond acceptors (Lipinski definition) is 2. The van der Waals surface area contributed by atoms with Gasteiger partial charge in [-0.15, -0.1) is 0 Å². The van der Waals surface area contributed by atoms with Gasteiger partial charge in [0, 0.05) is 11.6 Å². The summed E-state index contributed by atoms with van der Waals surface area (Å²) in [4.78, 5) is 12.3. The van der Waals surface area contributed by atoms with Crippen LogP contribution in [0.25, 0.3) is 0 Å². The van der Waals surface area contributed by atoms with Crippen molar-refractivity contribution in [3.8, 4) is 0 Å². The fourth-order valence-electron chi connectivity index (χ4n) is 1.63. The molecular formula is C12H9BrClFN2O. The summed E-state index contributed by atoms with van der Waals surface area (Å²) in [6, 6.07) is 3.98. The number of aromatic nitrogens is 2. The van der Waals surface area contributed by atoms with Gasteiger partial charge in [0.2, 0.25) is 5.78 Å². The van der Waals surface area contributed by atoms with Crippen LogP contribution in [0.3, 0.4) is 0 Å². The summed E-state index contributed by atoms with van der Waals surface area (Å²) in [5.74, 6) is -1.06. The molecule has 0 unspecified atom stereocenters. The van der Waals surface area contributed by atoms with Crippen molar-refractivity contribution in [3.05, 3.63) is 51.0 Å². The topological polar surface area (TPSA) is 34.9 Å². The van der Waals surface area contributed by atoms with Gasteiger partial charge in [-0.25, -0.2) is 4.39 Å². The highest BCUT2D eigenvalue weighted by atomic mass is 79.9. The number of rotatable bonds is 3. The van der Waals surface area contributed by atoms with Crippen molar-refractivity contribution in [1.82, 2.24) is 9.78 Å². The first-order chi connectivity index (χ1) is 8.54. The van der Waals surface area contributed by atoms with Crippen LogP contribution in [-0.4, -0.2) is 15.6 Å². The molecule has 0 radical (unpaired) electrons. The average Bonchev–Trinajstić information content (AvgIpc) is 2.69. The molecule has 0 atom stereocenters. The third kappa shape index (κ3) is 2.33. The lowest BCUT2D eigenvalue weighted by molar-refractivity contribution is 0.102. The first kappa shape index (κ1) is 13.2. The zero-order valence-corrected chi connectivity index (χ0v) is 11.8. The van der Waals surface area contributed by atoms with Crippen molar-refractivity contribution in [2.45, 2.75) is 13.5 Å². The smallest absolute Gasteiger partial charge is 0.215 e. The monoisotopic (exact) mass is 330 g/mol. The maximum absolute atomic E-state index is 13.7. The minimum atomic E-state index is -0.636. The number of hydrogen-bond donors (Lipinski definition) is 0. The van der Waals surface area contributed by atoms with E-state index in [1.807, 2.05) is 6.92 Å². The summed E-state index contributed by atoms with van der Waals surface area (Å²) in [6.07, 6.45) is 1.52. The minimum Gasteiger partial charge on any atom is -0.287 e. The highest BCUT2D eigenvalue weighted by molar-refractivity contribution is 9.10. The zero-order valence-electron chi connectivity index (χ0n) is 9.45. The molecule has 0 spiro atoms. The van der Waals surface area contributed by atoms with E-state index in [0.29, 0.717) is 16.7 Å². The van der Waals surface area contributed by atoms with E-state index in [4.69, 9.17) is 11.6 Å². The lowest BCUT2D eigenvalue weighted by atomic mass is 10.1. The van der Waals surface area contributed by atoms with Crippen molar-refractivity contribution in [2.24, 2.45) is 0 Å². The van der Waals surface area contributed by atoms with Crippen LogP contribution in [0.2, 0.25) is 5.02 Å². The van der Waals surface area contributed by atoms with E-state index in [-0.39, 0.29) is 10.6 Å². The van der Waals surface area contributed by atoms with E-state index in [1.165, 1.54) is 23.0 Å². The van der Waals surface area contributed by atoms with Gasteiger partial charge in [-0.2, -0.15) is 5.10 Å². The van der Waals surface area contributed by atoms with Gasteiger partial charge in [-0.3, -0.25) is 9.48 Å². The normalized spacial score (nSPS) is 10.7. The molecule has 2 aromatic rings. The highest BCUT2D eigenvalue weighted by Crippen LogP contribution is 2.22. The molecule has 0 aliphatic carbocycles. The molecule has 0 saturated carbocycles. The van der Waals surface area contributed by atoms with Gasteiger partial charge >= 0.3 is 0 Å². The minimum absolute atomic E-state index is 0.0182. The second-order valence-electron chi connectivity index (χ2n) is 3.61. The lowest BCUT2D eigenvalue weighted by Crippen LogP contribution is -2.12. The van der Waals surface area contributed by atoms with Gasteiger partial charge in [0.25, 0.3) is 0 Å². The van der Waals surface area contributed by atoms with Gasteiger partial charge in [-0.05, 0) is 41.1 Å². The zero-order chi connectivity index (χ0) is 13.3. The van der Waals surface area contributed by atoms with E-state index >= 15 is 0 Å². The molecule has 6 heteroatoms. The van der Waals surface area contributed by atoms with E-state index in [1.54, 1.807) is 0 Å². The maximum Gasteiger partial charge on any atom is 0.215 e. The van der Waals surface area contributed by atoms with Gasteiger partial charge in [-0.1, -0.05) is 11.6 Å². The van der Waals surface area contributed by atoms with Crippen LogP contribution in [0.15, 0.2) is 28.9 Å². The number of halogens is 3. The number of benzene rings is 1. The maximum atomic E-state index is 13.7. The third-order valence-corrected chi connectivity index (χ3v) is 3.30. The van der Waals surface area contributed by atoms with Crippen LogP contribution in [0.5, 0.6) is 0 Å². The van der Waals surface area contributed by atoms with Crippen molar-refractivity contribution in [3.63, 3.8) is 0 Å². The Bertz CT molecular complexity index is 612. The Morgan fingerprint density at radius 1 is 1.56 bits per heavy atom. The summed E-state index contributed by atoms with van der Waals surface area (Å²) >= 11 is 8.90. The summed E-state index contributed by atoms with van der Waals surface area (Å²) in [5.41, 5.74) is 0.314. The van der Waals surface area contributed by atoms with Gasteiger partial charge in [0.15, 0.2) is 0 Å². The van der Waals surface area contributed by atoms with E-state index in [9.17, 15) is 9.18 Å². The number of nitrogens with zero attached hydrogens (tertiary/aromatic N) is 2. The van der Waals surface area contributed by atoms with Gasteiger partial charge in [0.1, 0.15) is 11.5 Å². The van der Waals surface area contributed by atoms with Crippen molar-refractivity contribution in [2.75, 3.05) is 0 Å². The first-order valence-corrected chi connectivity index (χ1v) is 6.42. The molecule has 1 aromatic heterocycles. The second kappa shape index (κ2) is 5.20. The Kier molecular flexibility index (Phi) is 3.82. The first-order valence-electron chi connectivity index (χ1n) is 5.25. The quantitative estimate of drug-likeness (QED) is 0.804. The number of aryl methyl sites for hydroxylation is 1. The van der Waals surface area contributed by atoms with Crippen LogP contribution in [0.4, 0.5) is 4.39 Å². The predicted octanol–water partition coefficient (Wildman–Crippen LogP) is 3.69. The van der Waals surface area contributed by atoms with Crippen LogP contribution >= 0.6 is 27.5 Å². The molecule has 0 aliphatic rings. The molecule has 0 amide bonds. The summed E-state index contributed by atoms with van der Waals surface area (Å²) < 4.78 is 15.8. The SMILES string of the molecule is CCn1ncc(Br)c1C(=O)c1ccc(Cl)cc1F. The Balaban J connectivity index is 2.51. The van der Waals surface area contributed by atoms with E-state index in [0.717, 1.165) is 6.07 Å². The standard InChI is InChI=1S/C12H9BrClFN2O/c1-2-17-11(9(13)6-16-17)12(18)8-4-3-7(14)5-10(8)15/h3-6H,2H2,1H3. The average molecular weight is 332 g/mol. The molecule has 0 fully saturated rings. The molecule has 1 heterocycles. The molecule has 0 bridgehead atoms. The van der Waals surface area contributed by atoms with Crippen LogP contribution in [0.1, 0.15) is 23.0 Å². The van der Waals surface area contributed by atoms with Crippen LogP contribution < -0.4 is 0 Å². The van der Waals surface area contributed by atoms with Crippen molar-refractivity contribution in [1.29, 1.82) is 0 Å². The Labute approximate surface area is 117 Å². The van der Waals surface area contributed by atoms with Gasteiger partial charge < -0.3 is 0 Å². The number of carbonyl (C=O) groups excluding carboxylic acids is 1.